The van der Waals surface area contributed by atoms with Gasteiger partial charge in [0.1, 0.15) is 11.3 Å². The molecule has 2 aromatic carbocycles. The molecule has 0 bridgehead atoms. The van der Waals surface area contributed by atoms with E-state index in [4.69, 9.17) is 23.2 Å². The zero-order valence-electron chi connectivity index (χ0n) is 10.7. The van der Waals surface area contributed by atoms with Crippen LogP contribution in [0.2, 0.25) is 10.2 Å². The van der Waals surface area contributed by atoms with Gasteiger partial charge in [0.2, 0.25) is 0 Å². The summed E-state index contributed by atoms with van der Waals surface area (Å²) in [5.74, 6) is -0.118. The van der Waals surface area contributed by atoms with Gasteiger partial charge in [-0.25, -0.2) is 9.97 Å². The molecule has 0 unspecified atom stereocenters. The second kappa shape index (κ2) is 5.68. The first-order chi connectivity index (χ1) is 10.1. The van der Waals surface area contributed by atoms with E-state index in [0.717, 1.165) is 10.8 Å². The van der Waals surface area contributed by atoms with Crippen LogP contribution in [0.3, 0.4) is 0 Å². The van der Waals surface area contributed by atoms with Gasteiger partial charge >= 0.3 is 0 Å². The zero-order chi connectivity index (χ0) is 14.8. The number of rotatable bonds is 2. The van der Waals surface area contributed by atoms with E-state index in [9.17, 15) is 4.79 Å². The highest BCUT2D eigenvalue weighted by Gasteiger charge is 2.12. The van der Waals surface area contributed by atoms with Crippen molar-refractivity contribution in [2.45, 2.75) is 0 Å². The van der Waals surface area contributed by atoms with Crippen LogP contribution in [0.25, 0.3) is 10.8 Å². The number of amides is 1. The van der Waals surface area contributed by atoms with Crippen LogP contribution in [-0.2, 0) is 0 Å². The molecular weight excluding hydrogens is 309 g/mol. The molecular formula is C15H9Cl2N3O. The van der Waals surface area contributed by atoms with Crippen molar-refractivity contribution in [3.05, 3.63) is 64.5 Å². The number of aromatic nitrogens is 2. The molecule has 1 amide bonds. The summed E-state index contributed by atoms with van der Waals surface area (Å²) in [5.41, 5.74) is 0.513. The van der Waals surface area contributed by atoms with E-state index >= 15 is 0 Å². The van der Waals surface area contributed by atoms with Crippen molar-refractivity contribution in [3.63, 3.8) is 0 Å². The molecule has 0 radical (unpaired) electrons. The number of halogens is 2. The lowest BCUT2D eigenvalue weighted by molar-refractivity contribution is 0.102. The lowest BCUT2D eigenvalue weighted by atomic mass is 10.1. The summed E-state index contributed by atoms with van der Waals surface area (Å²) in [6.07, 6.45) is 1.24. The van der Waals surface area contributed by atoms with E-state index in [1.165, 1.54) is 6.33 Å². The molecule has 3 rings (SSSR count). The predicted octanol–water partition coefficient (Wildman–Crippen LogP) is 4.19. The molecule has 6 heteroatoms. The van der Waals surface area contributed by atoms with Crippen LogP contribution < -0.4 is 5.32 Å². The maximum absolute atomic E-state index is 12.2. The summed E-state index contributed by atoms with van der Waals surface area (Å²) in [5, 5.41) is 4.89. The van der Waals surface area contributed by atoms with Crippen LogP contribution in [0.4, 0.5) is 5.82 Å². The number of hydrogen-bond donors (Lipinski definition) is 1. The second-order valence-electron chi connectivity index (χ2n) is 4.34. The summed E-state index contributed by atoms with van der Waals surface area (Å²) in [6.45, 7) is 0. The van der Waals surface area contributed by atoms with Crippen LogP contribution in [0.15, 0.2) is 48.8 Å². The summed E-state index contributed by atoms with van der Waals surface area (Å²) in [7, 11) is 0. The van der Waals surface area contributed by atoms with Crippen LogP contribution in [0.5, 0.6) is 0 Å². The number of carbonyl (C=O) groups excluding carboxylic acids is 1. The third-order valence-electron chi connectivity index (χ3n) is 2.99. The minimum Gasteiger partial charge on any atom is -0.305 e. The van der Waals surface area contributed by atoms with Crippen LogP contribution >= 0.6 is 23.2 Å². The van der Waals surface area contributed by atoms with Gasteiger partial charge in [-0.2, -0.15) is 0 Å². The SMILES string of the molecule is O=C(Nc1ncnc(Cl)c1Cl)c1ccc2ccccc2c1. The molecule has 21 heavy (non-hydrogen) atoms. The molecule has 0 aliphatic heterocycles. The first kappa shape index (κ1) is 13.8. The molecule has 1 N–H and O–H groups in total. The fraction of sp³-hybridized carbons (Fsp3) is 0. The number of nitrogens with zero attached hydrogens (tertiary/aromatic N) is 2. The number of anilines is 1. The molecule has 3 aromatic rings. The van der Waals surface area contributed by atoms with E-state index in [0.29, 0.717) is 5.56 Å². The largest absolute Gasteiger partial charge is 0.305 e. The predicted molar refractivity (Wildman–Crippen MR) is 84.0 cm³/mol. The normalized spacial score (nSPS) is 10.6. The Kier molecular flexibility index (Phi) is 3.73. The summed E-state index contributed by atoms with van der Waals surface area (Å²) >= 11 is 11.7. The Morgan fingerprint density at radius 3 is 2.57 bits per heavy atom. The Hall–Kier alpha value is -2.17. The molecule has 1 heterocycles. The van der Waals surface area contributed by atoms with E-state index in [1.807, 2.05) is 30.3 Å². The van der Waals surface area contributed by atoms with Crippen molar-refractivity contribution in [1.29, 1.82) is 0 Å². The zero-order valence-corrected chi connectivity index (χ0v) is 12.2. The van der Waals surface area contributed by atoms with Crippen LogP contribution in [0.1, 0.15) is 10.4 Å². The van der Waals surface area contributed by atoms with E-state index < -0.39 is 0 Å². The van der Waals surface area contributed by atoms with Crippen molar-refractivity contribution >= 4 is 45.7 Å². The first-order valence-corrected chi connectivity index (χ1v) is 6.87. The van der Waals surface area contributed by atoms with E-state index in [1.54, 1.807) is 12.1 Å². The van der Waals surface area contributed by atoms with E-state index in [-0.39, 0.29) is 21.9 Å². The molecule has 4 nitrogen and oxygen atoms in total. The number of carbonyl (C=O) groups is 1. The van der Waals surface area contributed by atoms with Gasteiger partial charge in [0.25, 0.3) is 5.91 Å². The monoisotopic (exact) mass is 317 g/mol. The van der Waals surface area contributed by atoms with Crippen molar-refractivity contribution in [3.8, 4) is 0 Å². The Bertz CT molecular complexity index is 836. The van der Waals surface area contributed by atoms with Crippen LogP contribution in [0, 0.1) is 0 Å². The van der Waals surface area contributed by atoms with Gasteiger partial charge in [-0.1, -0.05) is 53.5 Å². The smallest absolute Gasteiger partial charge is 0.256 e. The van der Waals surface area contributed by atoms with Crippen molar-refractivity contribution in [1.82, 2.24) is 9.97 Å². The minimum atomic E-state index is -0.308. The summed E-state index contributed by atoms with van der Waals surface area (Å²) < 4.78 is 0. The Morgan fingerprint density at radius 1 is 1.00 bits per heavy atom. The van der Waals surface area contributed by atoms with Crippen LogP contribution in [-0.4, -0.2) is 15.9 Å². The minimum absolute atomic E-state index is 0.0977. The lowest BCUT2D eigenvalue weighted by Gasteiger charge is -2.07. The summed E-state index contributed by atoms with van der Waals surface area (Å²) in [4.78, 5) is 19.9. The molecule has 0 saturated carbocycles. The third kappa shape index (κ3) is 2.82. The van der Waals surface area contributed by atoms with Crippen molar-refractivity contribution in [2.24, 2.45) is 0 Å². The lowest BCUT2D eigenvalue weighted by Crippen LogP contribution is -2.13. The standard InChI is InChI=1S/C15H9Cl2N3O/c16-12-13(17)18-8-19-14(12)20-15(21)11-6-5-9-3-1-2-4-10(9)7-11/h1-8H,(H,18,19,20,21). The van der Waals surface area contributed by atoms with Gasteiger partial charge < -0.3 is 5.32 Å². The average Bonchev–Trinajstić information content (AvgIpc) is 2.51. The number of hydrogen-bond acceptors (Lipinski definition) is 3. The highest BCUT2D eigenvalue weighted by molar-refractivity contribution is 6.43. The van der Waals surface area contributed by atoms with Gasteiger partial charge in [0.05, 0.1) is 0 Å². The topological polar surface area (TPSA) is 54.9 Å². The average molecular weight is 318 g/mol. The maximum atomic E-state index is 12.2. The van der Waals surface area contributed by atoms with Gasteiger partial charge in [-0.15, -0.1) is 0 Å². The van der Waals surface area contributed by atoms with Gasteiger partial charge in [-0.05, 0) is 22.9 Å². The Labute approximate surface area is 130 Å². The number of nitrogens with one attached hydrogen (secondary N) is 1. The molecule has 0 atom stereocenters. The number of fused-ring (bicyclic) bond motifs is 1. The molecule has 104 valence electrons. The Balaban J connectivity index is 1.91. The van der Waals surface area contributed by atoms with Gasteiger partial charge in [0, 0.05) is 5.56 Å². The van der Waals surface area contributed by atoms with E-state index in [2.05, 4.69) is 15.3 Å². The Morgan fingerprint density at radius 2 is 1.76 bits per heavy atom. The molecule has 0 aliphatic carbocycles. The van der Waals surface area contributed by atoms with Crippen molar-refractivity contribution in [2.75, 3.05) is 5.32 Å². The molecule has 0 saturated heterocycles. The first-order valence-electron chi connectivity index (χ1n) is 6.11. The van der Waals surface area contributed by atoms with Gasteiger partial charge in [-0.3, -0.25) is 4.79 Å². The molecule has 1 aromatic heterocycles. The number of benzene rings is 2. The molecule has 0 aliphatic rings. The fourth-order valence-corrected chi connectivity index (χ4v) is 2.22. The highest BCUT2D eigenvalue weighted by atomic mass is 35.5. The fourth-order valence-electron chi connectivity index (χ4n) is 1.95. The molecule has 0 fully saturated rings. The maximum Gasteiger partial charge on any atom is 0.256 e. The highest BCUT2D eigenvalue weighted by Crippen LogP contribution is 2.26. The second-order valence-corrected chi connectivity index (χ2v) is 5.08. The van der Waals surface area contributed by atoms with Crippen molar-refractivity contribution < 1.29 is 4.79 Å². The quantitative estimate of drug-likeness (QED) is 0.721. The third-order valence-corrected chi connectivity index (χ3v) is 3.73. The molecule has 0 spiro atoms. The summed E-state index contributed by atoms with van der Waals surface area (Å²) in [6, 6.07) is 13.2. The van der Waals surface area contributed by atoms with Gasteiger partial charge in [0.15, 0.2) is 11.0 Å².